The van der Waals surface area contributed by atoms with Crippen LogP contribution in [-0.4, -0.2) is 34.2 Å². The van der Waals surface area contributed by atoms with Crippen LogP contribution in [0.15, 0.2) is 24.0 Å². The molecule has 1 aromatic carbocycles. The zero-order chi connectivity index (χ0) is 23.0. The number of aliphatic hydroxyl groups is 2. The molecule has 0 fully saturated rings. The number of rotatable bonds is 7. The Morgan fingerprint density at radius 2 is 1.38 bits per heavy atom. The SMILES string of the molecule is OCc1cc(CO)c(Cl)c(OC(F)=C(F)C(F)(F)C(F)(F)C(F)(F)C(F)(F)F)c1. The van der Waals surface area contributed by atoms with E-state index in [9.17, 15) is 48.3 Å². The first-order valence-corrected chi connectivity index (χ1v) is 7.30. The van der Waals surface area contributed by atoms with E-state index in [4.69, 9.17) is 21.8 Å². The van der Waals surface area contributed by atoms with Crippen molar-refractivity contribution < 1.29 is 63.2 Å². The Hall–Kier alpha value is -1.80. The van der Waals surface area contributed by atoms with E-state index in [2.05, 4.69) is 4.74 Å². The van der Waals surface area contributed by atoms with Crippen LogP contribution >= 0.6 is 11.6 Å². The summed E-state index contributed by atoms with van der Waals surface area (Å²) in [5.74, 6) is -27.1. The van der Waals surface area contributed by atoms with Gasteiger partial charge in [0.25, 0.3) is 0 Å². The molecule has 0 radical (unpaired) electrons. The maximum Gasteiger partial charge on any atom is 0.460 e. The second-order valence-corrected chi connectivity index (χ2v) is 5.67. The molecule has 0 spiro atoms. The molecule has 0 unspecified atom stereocenters. The molecule has 0 aliphatic heterocycles. The predicted molar refractivity (Wildman–Crippen MR) is 74.1 cm³/mol. The zero-order valence-electron chi connectivity index (χ0n) is 13.4. The van der Waals surface area contributed by atoms with Crippen LogP contribution in [0, 0.1) is 0 Å². The molecule has 0 saturated heterocycles. The minimum absolute atomic E-state index is 0.234. The van der Waals surface area contributed by atoms with E-state index in [1.165, 1.54) is 0 Å². The lowest BCUT2D eigenvalue weighted by molar-refractivity contribution is -0.392. The third-order valence-electron chi connectivity index (χ3n) is 3.32. The van der Waals surface area contributed by atoms with E-state index in [1.807, 2.05) is 0 Å². The highest BCUT2D eigenvalue weighted by Gasteiger charge is 2.83. The van der Waals surface area contributed by atoms with Crippen molar-refractivity contribution in [2.24, 2.45) is 0 Å². The first kappa shape index (κ1) is 25.2. The van der Waals surface area contributed by atoms with E-state index in [0.29, 0.717) is 6.07 Å². The Balaban J connectivity index is 3.46. The molecular weight excluding hydrogens is 461 g/mol. The number of aliphatic hydroxyl groups excluding tert-OH is 2. The fourth-order valence-electron chi connectivity index (χ4n) is 1.78. The monoisotopic (exact) mass is 468 g/mol. The number of hydrogen-bond acceptors (Lipinski definition) is 3. The fraction of sp³-hybridized carbons (Fsp3) is 0.429. The normalized spacial score (nSPS) is 14.7. The van der Waals surface area contributed by atoms with E-state index >= 15 is 0 Å². The van der Waals surface area contributed by atoms with E-state index in [1.54, 1.807) is 0 Å². The first-order chi connectivity index (χ1) is 13.0. The number of allylic oxidation sites excluding steroid dienone is 1. The van der Waals surface area contributed by atoms with Crippen LogP contribution in [0.5, 0.6) is 5.75 Å². The maximum atomic E-state index is 13.6. The van der Waals surface area contributed by atoms with Crippen molar-refractivity contribution in [2.45, 2.75) is 37.2 Å². The van der Waals surface area contributed by atoms with Gasteiger partial charge in [0.05, 0.1) is 18.2 Å². The van der Waals surface area contributed by atoms with Gasteiger partial charge in [-0.15, -0.1) is 0 Å². The maximum absolute atomic E-state index is 13.6. The number of alkyl halides is 9. The second kappa shape index (κ2) is 8.14. The van der Waals surface area contributed by atoms with Gasteiger partial charge in [-0.05, 0) is 17.7 Å². The van der Waals surface area contributed by atoms with Crippen LogP contribution in [-0.2, 0) is 13.2 Å². The first-order valence-electron chi connectivity index (χ1n) is 6.92. The summed E-state index contributed by atoms with van der Waals surface area (Å²) in [6.07, 6.45) is -7.23. The molecule has 0 amide bonds. The van der Waals surface area contributed by atoms with Crippen LogP contribution in [0.25, 0.3) is 0 Å². The highest BCUT2D eigenvalue weighted by Crippen LogP contribution is 2.55. The topological polar surface area (TPSA) is 49.7 Å². The van der Waals surface area contributed by atoms with Crippen LogP contribution in [0.3, 0.4) is 0 Å². The third-order valence-corrected chi connectivity index (χ3v) is 3.75. The molecule has 29 heavy (non-hydrogen) atoms. The van der Waals surface area contributed by atoms with Gasteiger partial charge in [0.2, 0.25) is 5.83 Å². The number of benzene rings is 1. The average Bonchev–Trinajstić information content (AvgIpc) is 2.61. The van der Waals surface area contributed by atoms with Gasteiger partial charge in [0, 0.05) is 5.56 Å². The van der Waals surface area contributed by atoms with Gasteiger partial charge in [0.1, 0.15) is 5.75 Å². The molecule has 0 aromatic heterocycles. The lowest BCUT2D eigenvalue weighted by Gasteiger charge is -2.32. The standard InChI is InChI=1S/C14H8ClF11O3/c15-8-6(4-28)1-5(3-27)2-7(8)29-10(17)9(16)11(18,19)12(20,21)13(22,23)14(24,25)26/h1-2,27-28H,3-4H2. The van der Waals surface area contributed by atoms with Crippen molar-refractivity contribution in [1.29, 1.82) is 0 Å². The van der Waals surface area contributed by atoms with E-state index in [-0.39, 0.29) is 11.1 Å². The van der Waals surface area contributed by atoms with Crippen molar-refractivity contribution >= 4 is 11.6 Å². The summed E-state index contributed by atoms with van der Waals surface area (Å²) in [5, 5.41) is 17.2. The van der Waals surface area contributed by atoms with Crippen molar-refractivity contribution in [2.75, 3.05) is 0 Å². The zero-order valence-corrected chi connectivity index (χ0v) is 14.2. The summed E-state index contributed by atoms with van der Waals surface area (Å²) in [6, 6.07) is -1.76. The Kier molecular flexibility index (Phi) is 7.09. The average molecular weight is 469 g/mol. The summed E-state index contributed by atoms with van der Waals surface area (Å²) < 4.78 is 145. The summed E-state index contributed by atoms with van der Waals surface area (Å²) in [4.78, 5) is 0. The van der Waals surface area contributed by atoms with Crippen molar-refractivity contribution in [3.63, 3.8) is 0 Å². The fourth-order valence-corrected chi connectivity index (χ4v) is 1.98. The molecular formula is C14H8ClF11O3. The van der Waals surface area contributed by atoms with Gasteiger partial charge in [-0.2, -0.15) is 48.3 Å². The Morgan fingerprint density at radius 1 is 0.862 bits per heavy atom. The molecule has 166 valence electrons. The molecule has 1 aromatic rings. The van der Waals surface area contributed by atoms with Crippen LogP contribution < -0.4 is 4.74 Å². The number of ether oxygens (including phenoxy) is 1. The molecule has 0 saturated carbocycles. The van der Waals surface area contributed by atoms with Crippen molar-refractivity contribution in [3.8, 4) is 5.75 Å². The van der Waals surface area contributed by atoms with E-state index < -0.39 is 59.8 Å². The summed E-state index contributed by atoms with van der Waals surface area (Å²) in [7, 11) is 0. The van der Waals surface area contributed by atoms with Crippen LogP contribution in [0.4, 0.5) is 48.3 Å². The highest BCUT2D eigenvalue weighted by atomic mass is 35.5. The minimum Gasteiger partial charge on any atom is -0.428 e. The summed E-state index contributed by atoms with van der Waals surface area (Å²) in [5.41, 5.74) is -0.579. The van der Waals surface area contributed by atoms with Gasteiger partial charge >= 0.3 is 30.0 Å². The molecule has 0 bridgehead atoms. The Labute approximate surface area is 158 Å². The lowest BCUT2D eigenvalue weighted by Crippen LogP contribution is -2.61. The van der Waals surface area contributed by atoms with Crippen molar-refractivity contribution in [1.82, 2.24) is 0 Å². The lowest BCUT2D eigenvalue weighted by atomic mass is 10.0. The molecule has 2 N–H and O–H groups in total. The highest BCUT2D eigenvalue weighted by molar-refractivity contribution is 6.32. The van der Waals surface area contributed by atoms with Gasteiger partial charge in [-0.1, -0.05) is 11.6 Å². The quantitative estimate of drug-likeness (QED) is 0.423. The summed E-state index contributed by atoms with van der Waals surface area (Å²) >= 11 is 5.54. The molecule has 0 aliphatic rings. The van der Waals surface area contributed by atoms with Gasteiger partial charge in [-0.25, -0.2) is 0 Å². The Bertz CT molecular complexity index is 790. The van der Waals surface area contributed by atoms with Crippen LogP contribution in [0.1, 0.15) is 11.1 Å². The number of halogens is 12. The third kappa shape index (κ3) is 4.38. The number of hydrogen-bond donors (Lipinski definition) is 2. The smallest absolute Gasteiger partial charge is 0.428 e. The van der Waals surface area contributed by atoms with Gasteiger partial charge < -0.3 is 14.9 Å². The van der Waals surface area contributed by atoms with E-state index in [0.717, 1.165) is 6.07 Å². The predicted octanol–water partition coefficient (Wildman–Crippen LogP) is 5.28. The molecule has 0 aliphatic carbocycles. The van der Waals surface area contributed by atoms with Crippen LogP contribution in [0.2, 0.25) is 5.02 Å². The molecule has 15 heteroatoms. The van der Waals surface area contributed by atoms with Crippen molar-refractivity contribution in [3.05, 3.63) is 40.1 Å². The van der Waals surface area contributed by atoms with Gasteiger partial charge in [-0.3, -0.25) is 0 Å². The second-order valence-electron chi connectivity index (χ2n) is 5.29. The molecule has 1 rings (SSSR count). The minimum atomic E-state index is -7.45. The van der Waals surface area contributed by atoms with Gasteiger partial charge in [0.15, 0.2) is 0 Å². The largest absolute Gasteiger partial charge is 0.460 e. The summed E-state index contributed by atoms with van der Waals surface area (Å²) in [6.45, 7) is -1.76. The molecule has 0 heterocycles. The molecule has 0 atom stereocenters. The molecule has 3 nitrogen and oxygen atoms in total. The Morgan fingerprint density at radius 3 is 1.79 bits per heavy atom.